The Balaban J connectivity index is 1.90. The molecule has 0 atom stereocenters. The first-order valence-corrected chi connectivity index (χ1v) is 7.29. The van der Waals surface area contributed by atoms with Crippen LogP contribution < -0.4 is 5.32 Å². The van der Waals surface area contributed by atoms with Crippen molar-refractivity contribution < 1.29 is 4.74 Å². The molecule has 3 nitrogen and oxygen atoms in total. The van der Waals surface area contributed by atoms with Gasteiger partial charge in [-0.15, -0.1) is 0 Å². The molecule has 0 bridgehead atoms. The van der Waals surface area contributed by atoms with Crippen molar-refractivity contribution in [2.24, 2.45) is 5.41 Å². The number of piperidine rings is 1. The number of nitrogens with one attached hydrogen (secondary N) is 1. The fraction of sp³-hybridized carbons (Fsp3) is 1.00. The van der Waals surface area contributed by atoms with Crippen molar-refractivity contribution in [1.29, 1.82) is 0 Å². The monoisotopic (exact) mass is 240 g/mol. The molecule has 3 heteroatoms. The number of rotatable bonds is 3. The molecule has 2 fully saturated rings. The maximum atomic E-state index is 6.26. The van der Waals surface area contributed by atoms with E-state index in [0.717, 1.165) is 26.0 Å². The summed E-state index contributed by atoms with van der Waals surface area (Å²) >= 11 is 0. The number of ether oxygens (including phenoxy) is 1. The van der Waals surface area contributed by atoms with Crippen LogP contribution in [0.4, 0.5) is 0 Å². The van der Waals surface area contributed by atoms with Gasteiger partial charge in [0, 0.05) is 37.9 Å². The van der Waals surface area contributed by atoms with Crippen LogP contribution in [-0.2, 0) is 4.74 Å². The standard InChI is InChI=1S/C14H28N2O/c1-4-13(5-2)11-15-14(17-12-13)7-9-16(6-3)10-8-14/h15H,4-12H2,1-3H3. The summed E-state index contributed by atoms with van der Waals surface area (Å²) in [5.74, 6) is 0. The van der Waals surface area contributed by atoms with Crippen molar-refractivity contribution in [2.75, 3.05) is 32.8 Å². The molecule has 2 rings (SSSR count). The molecule has 2 heterocycles. The molecule has 2 saturated heterocycles. The smallest absolute Gasteiger partial charge is 0.121 e. The van der Waals surface area contributed by atoms with E-state index >= 15 is 0 Å². The maximum absolute atomic E-state index is 6.26. The van der Waals surface area contributed by atoms with Gasteiger partial charge in [-0.25, -0.2) is 0 Å². The highest BCUT2D eigenvalue weighted by molar-refractivity contribution is 4.93. The topological polar surface area (TPSA) is 24.5 Å². The van der Waals surface area contributed by atoms with Crippen LogP contribution in [0.5, 0.6) is 0 Å². The highest BCUT2D eigenvalue weighted by Crippen LogP contribution is 2.35. The van der Waals surface area contributed by atoms with E-state index in [2.05, 4.69) is 31.0 Å². The zero-order valence-corrected chi connectivity index (χ0v) is 11.7. The van der Waals surface area contributed by atoms with Gasteiger partial charge in [0.1, 0.15) is 5.72 Å². The molecule has 0 aromatic rings. The molecule has 0 aliphatic carbocycles. The van der Waals surface area contributed by atoms with Gasteiger partial charge in [0.2, 0.25) is 0 Å². The van der Waals surface area contributed by atoms with E-state index in [1.54, 1.807) is 0 Å². The summed E-state index contributed by atoms with van der Waals surface area (Å²) in [5.41, 5.74) is 0.382. The van der Waals surface area contributed by atoms with Gasteiger partial charge in [0.15, 0.2) is 0 Å². The SMILES string of the molecule is CCN1CCC2(CC1)NCC(CC)(CC)CO2. The van der Waals surface area contributed by atoms with Crippen LogP contribution >= 0.6 is 0 Å². The van der Waals surface area contributed by atoms with E-state index in [1.807, 2.05) is 0 Å². The molecule has 0 unspecified atom stereocenters. The van der Waals surface area contributed by atoms with Gasteiger partial charge in [-0.05, 0) is 19.4 Å². The Labute approximate surface area is 106 Å². The quantitative estimate of drug-likeness (QED) is 0.818. The number of likely N-dealkylation sites (tertiary alicyclic amines) is 1. The number of nitrogens with zero attached hydrogens (tertiary/aromatic N) is 1. The lowest BCUT2D eigenvalue weighted by Crippen LogP contribution is -2.62. The summed E-state index contributed by atoms with van der Waals surface area (Å²) in [6.45, 7) is 12.4. The van der Waals surface area contributed by atoms with E-state index in [4.69, 9.17) is 4.74 Å². The van der Waals surface area contributed by atoms with E-state index in [1.165, 1.54) is 32.5 Å². The summed E-state index contributed by atoms with van der Waals surface area (Å²) < 4.78 is 6.26. The van der Waals surface area contributed by atoms with E-state index in [0.29, 0.717) is 5.41 Å². The first-order chi connectivity index (χ1) is 8.17. The summed E-state index contributed by atoms with van der Waals surface area (Å²) in [5, 5.41) is 3.72. The van der Waals surface area contributed by atoms with Crippen molar-refractivity contribution in [3.63, 3.8) is 0 Å². The molecule has 100 valence electrons. The molecule has 0 aromatic carbocycles. The molecule has 17 heavy (non-hydrogen) atoms. The summed E-state index contributed by atoms with van der Waals surface area (Å²) in [7, 11) is 0. The normalized spacial score (nSPS) is 28.4. The molecule has 2 aliphatic heterocycles. The minimum absolute atomic E-state index is 0.000486. The molecule has 0 radical (unpaired) electrons. The highest BCUT2D eigenvalue weighted by Gasteiger charge is 2.43. The zero-order valence-electron chi connectivity index (χ0n) is 11.7. The van der Waals surface area contributed by atoms with Crippen molar-refractivity contribution in [3.8, 4) is 0 Å². The second kappa shape index (κ2) is 5.25. The fourth-order valence-electron chi connectivity index (χ4n) is 3.00. The van der Waals surface area contributed by atoms with Gasteiger partial charge >= 0.3 is 0 Å². The Morgan fingerprint density at radius 2 is 1.76 bits per heavy atom. The van der Waals surface area contributed by atoms with Crippen LogP contribution in [0, 0.1) is 5.41 Å². The minimum Gasteiger partial charge on any atom is -0.360 e. The average molecular weight is 240 g/mol. The van der Waals surface area contributed by atoms with Gasteiger partial charge in [-0.3, -0.25) is 5.32 Å². The lowest BCUT2D eigenvalue weighted by atomic mass is 9.80. The van der Waals surface area contributed by atoms with E-state index in [-0.39, 0.29) is 5.72 Å². The Morgan fingerprint density at radius 3 is 2.18 bits per heavy atom. The Hall–Kier alpha value is -0.120. The van der Waals surface area contributed by atoms with Crippen LogP contribution in [0.1, 0.15) is 46.5 Å². The summed E-state index contributed by atoms with van der Waals surface area (Å²) in [6.07, 6.45) is 4.72. The molecule has 0 amide bonds. The first-order valence-electron chi connectivity index (χ1n) is 7.29. The second-order valence-electron chi connectivity index (χ2n) is 5.78. The minimum atomic E-state index is -0.000486. The fourth-order valence-corrected chi connectivity index (χ4v) is 3.00. The van der Waals surface area contributed by atoms with Crippen molar-refractivity contribution in [2.45, 2.75) is 52.2 Å². The van der Waals surface area contributed by atoms with E-state index < -0.39 is 0 Å². The summed E-state index contributed by atoms with van der Waals surface area (Å²) in [4.78, 5) is 2.51. The van der Waals surface area contributed by atoms with Crippen molar-refractivity contribution >= 4 is 0 Å². The Bertz CT molecular complexity index is 231. The van der Waals surface area contributed by atoms with Crippen LogP contribution in [0.2, 0.25) is 0 Å². The van der Waals surface area contributed by atoms with Crippen molar-refractivity contribution in [1.82, 2.24) is 10.2 Å². The second-order valence-corrected chi connectivity index (χ2v) is 5.78. The van der Waals surface area contributed by atoms with Crippen LogP contribution in [0.25, 0.3) is 0 Å². The maximum Gasteiger partial charge on any atom is 0.121 e. The highest BCUT2D eigenvalue weighted by atomic mass is 16.5. The van der Waals surface area contributed by atoms with Crippen LogP contribution in [0.15, 0.2) is 0 Å². The Kier molecular flexibility index (Phi) is 4.11. The molecule has 1 spiro atoms. The lowest BCUT2D eigenvalue weighted by molar-refractivity contribution is -0.169. The molecule has 2 aliphatic rings. The Morgan fingerprint density at radius 1 is 1.12 bits per heavy atom. The molecular weight excluding hydrogens is 212 g/mol. The molecule has 1 N–H and O–H groups in total. The van der Waals surface area contributed by atoms with Crippen molar-refractivity contribution in [3.05, 3.63) is 0 Å². The summed E-state index contributed by atoms with van der Waals surface area (Å²) in [6, 6.07) is 0. The number of hydrogen-bond acceptors (Lipinski definition) is 3. The largest absolute Gasteiger partial charge is 0.360 e. The predicted molar refractivity (Wildman–Crippen MR) is 71.0 cm³/mol. The lowest BCUT2D eigenvalue weighted by Gasteiger charge is -2.50. The number of hydrogen-bond donors (Lipinski definition) is 1. The third-order valence-corrected chi connectivity index (χ3v) is 5.05. The van der Waals surface area contributed by atoms with Gasteiger partial charge < -0.3 is 9.64 Å². The third-order valence-electron chi connectivity index (χ3n) is 5.05. The molecule has 0 aromatic heterocycles. The van der Waals surface area contributed by atoms with Gasteiger partial charge in [-0.1, -0.05) is 20.8 Å². The zero-order chi connectivity index (χ0) is 12.4. The van der Waals surface area contributed by atoms with Gasteiger partial charge in [0.25, 0.3) is 0 Å². The first kappa shape index (κ1) is 13.3. The molecule has 0 saturated carbocycles. The van der Waals surface area contributed by atoms with Gasteiger partial charge in [0.05, 0.1) is 6.61 Å². The van der Waals surface area contributed by atoms with Crippen LogP contribution in [0.3, 0.4) is 0 Å². The van der Waals surface area contributed by atoms with Gasteiger partial charge in [-0.2, -0.15) is 0 Å². The third kappa shape index (κ3) is 2.67. The van der Waals surface area contributed by atoms with E-state index in [9.17, 15) is 0 Å². The average Bonchev–Trinajstić information content (AvgIpc) is 2.41. The van der Waals surface area contributed by atoms with Crippen LogP contribution in [-0.4, -0.2) is 43.4 Å². The molecular formula is C14H28N2O. The predicted octanol–water partition coefficient (Wildman–Crippen LogP) is 2.22.